The highest BCUT2D eigenvalue weighted by molar-refractivity contribution is 4.73. The van der Waals surface area contributed by atoms with Gasteiger partial charge in [-0.15, -0.1) is 0 Å². The molecule has 1 aliphatic rings. The van der Waals surface area contributed by atoms with Gasteiger partial charge in [-0.2, -0.15) is 0 Å². The summed E-state index contributed by atoms with van der Waals surface area (Å²) in [4.78, 5) is 2.49. The average molecular weight is 186 g/mol. The zero-order chi connectivity index (χ0) is 9.68. The summed E-state index contributed by atoms with van der Waals surface area (Å²) in [6, 6.07) is 0. The highest BCUT2D eigenvalue weighted by Crippen LogP contribution is 2.13. The molecule has 1 heterocycles. The molecule has 0 saturated carbocycles. The molecule has 1 fully saturated rings. The summed E-state index contributed by atoms with van der Waals surface area (Å²) in [5.74, 6) is 0.624. The van der Waals surface area contributed by atoms with Crippen LogP contribution in [-0.2, 0) is 4.74 Å². The number of ether oxygens (including phenoxy) is 1. The van der Waals surface area contributed by atoms with Crippen LogP contribution in [0, 0.1) is 5.92 Å². The van der Waals surface area contributed by atoms with Crippen molar-refractivity contribution in [2.24, 2.45) is 11.7 Å². The standard InChI is InChI=1S/C10H22N2O/c1-9(7-11)8-12-5-3-10(13-2)4-6-12/h9-10H,3-8,11H2,1-2H3. The number of hydrogen-bond acceptors (Lipinski definition) is 3. The van der Waals surface area contributed by atoms with Crippen LogP contribution in [-0.4, -0.2) is 44.3 Å². The van der Waals surface area contributed by atoms with Crippen molar-refractivity contribution in [2.45, 2.75) is 25.9 Å². The molecule has 1 atom stereocenters. The van der Waals surface area contributed by atoms with Gasteiger partial charge >= 0.3 is 0 Å². The van der Waals surface area contributed by atoms with Crippen LogP contribution >= 0.6 is 0 Å². The van der Waals surface area contributed by atoms with Gasteiger partial charge in [0.1, 0.15) is 0 Å². The third-order valence-electron chi connectivity index (χ3n) is 2.84. The van der Waals surface area contributed by atoms with E-state index in [1.165, 1.54) is 25.9 Å². The summed E-state index contributed by atoms with van der Waals surface area (Å²) in [6.45, 7) is 6.49. The molecule has 78 valence electrons. The van der Waals surface area contributed by atoms with E-state index in [0.717, 1.165) is 13.1 Å². The predicted octanol–water partition coefficient (Wildman–Crippen LogP) is 0.692. The van der Waals surface area contributed by atoms with Gasteiger partial charge < -0.3 is 15.4 Å². The molecule has 0 aromatic rings. The average Bonchev–Trinajstić information content (AvgIpc) is 2.19. The Morgan fingerprint density at radius 2 is 2.08 bits per heavy atom. The maximum absolute atomic E-state index is 5.59. The molecular formula is C10H22N2O. The first kappa shape index (κ1) is 11.0. The Labute approximate surface area is 81.2 Å². The summed E-state index contributed by atoms with van der Waals surface area (Å²) in [5, 5.41) is 0. The van der Waals surface area contributed by atoms with E-state index in [1.54, 1.807) is 0 Å². The molecule has 0 aromatic heterocycles. The minimum absolute atomic E-state index is 0.490. The molecule has 0 aliphatic carbocycles. The molecule has 1 saturated heterocycles. The van der Waals surface area contributed by atoms with Gasteiger partial charge in [0, 0.05) is 26.7 Å². The zero-order valence-corrected chi connectivity index (χ0v) is 8.83. The Bertz CT molecular complexity index is 133. The molecule has 3 heteroatoms. The van der Waals surface area contributed by atoms with Crippen molar-refractivity contribution in [2.75, 3.05) is 33.3 Å². The van der Waals surface area contributed by atoms with Gasteiger partial charge in [0.15, 0.2) is 0 Å². The molecule has 0 aromatic carbocycles. The molecule has 2 N–H and O–H groups in total. The fraction of sp³-hybridized carbons (Fsp3) is 1.00. The molecule has 1 unspecified atom stereocenters. The number of hydrogen-bond donors (Lipinski definition) is 1. The van der Waals surface area contributed by atoms with E-state index in [-0.39, 0.29) is 0 Å². The second kappa shape index (κ2) is 5.58. The van der Waals surface area contributed by atoms with Crippen molar-refractivity contribution in [3.8, 4) is 0 Å². The third kappa shape index (κ3) is 3.63. The topological polar surface area (TPSA) is 38.5 Å². The largest absolute Gasteiger partial charge is 0.381 e. The first-order valence-electron chi connectivity index (χ1n) is 5.21. The lowest BCUT2D eigenvalue weighted by atomic mass is 10.1. The van der Waals surface area contributed by atoms with Gasteiger partial charge in [-0.1, -0.05) is 6.92 Å². The van der Waals surface area contributed by atoms with Crippen LogP contribution in [0.5, 0.6) is 0 Å². The normalized spacial score (nSPS) is 23.3. The van der Waals surface area contributed by atoms with Gasteiger partial charge in [-0.05, 0) is 25.3 Å². The van der Waals surface area contributed by atoms with Gasteiger partial charge in [0.2, 0.25) is 0 Å². The summed E-state index contributed by atoms with van der Waals surface area (Å²) in [6.07, 6.45) is 2.84. The lowest BCUT2D eigenvalue weighted by Gasteiger charge is -2.32. The van der Waals surface area contributed by atoms with E-state index in [2.05, 4.69) is 11.8 Å². The summed E-state index contributed by atoms with van der Waals surface area (Å²) in [5.41, 5.74) is 5.59. The quantitative estimate of drug-likeness (QED) is 0.702. The van der Waals surface area contributed by atoms with E-state index < -0.39 is 0 Å². The lowest BCUT2D eigenvalue weighted by molar-refractivity contribution is 0.0376. The fourth-order valence-electron chi connectivity index (χ4n) is 1.84. The number of likely N-dealkylation sites (tertiary alicyclic amines) is 1. The smallest absolute Gasteiger partial charge is 0.0595 e. The summed E-state index contributed by atoms with van der Waals surface area (Å²) >= 11 is 0. The van der Waals surface area contributed by atoms with E-state index in [9.17, 15) is 0 Å². The monoisotopic (exact) mass is 186 g/mol. The zero-order valence-electron chi connectivity index (χ0n) is 8.83. The second-order valence-electron chi connectivity index (χ2n) is 4.08. The first-order valence-corrected chi connectivity index (χ1v) is 5.21. The van der Waals surface area contributed by atoms with Crippen LogP contribution in [0.4, 0.5) is 0 Å². The maximum atomic E-state index is 5.59. The van der Waals surface area contributed by atoms with Gasteiger partial charge in [-0.3, -0.25) is 0 Å². The number of methoxy groups -OCH3 is 1. The third-order valence-corrected chi connectivity index (χ3v) is 2.84. The fourth-order valence-corrected chi connectivity index (χ4v) is 1.84. The van der Waals surface area contributed by atoms with Crippen molar-refractivity contribution in [1.29, 1.82) is 0 Å². The van der Waals surface area contributed by atoms with Crippen LogP contribution in [0.3, 0.4) is 0 Å². The Balaban J connectivity index is 2.17. The number of nitrogens with zero attached hydrogens (tertiary/aromatic N) is 1. The molecule has 13 heavy (non-hydrogen) atoms. The molecule has 0 radical (unpaired) electrons. The van der Waals surface area contributed by atoms with Crippen molar-refractivity contribution in [1.82, 2.24) is 4.90 Å². The van der Waals surface area contributed by atoms with Crippen LogP contribution in [0.1, 0.15) is 19.8 Å². The predicted molar refractivity (Wildman–Crippen MR) is 54.7 cm³/mol. The van der Waals surface area contributed by atoms with Crippen LogP contribution in [0.25, 0.3) is 0 Å². The molecule has 3 nitrogen and oxygen atoms in total. The maximum Gasteiger partial charge on any atom is 0.0595 e. The minimum atomic E-state index is 0.490. The minimum Gasteiger partial charge on any atom is -0.381 e. The summed E-state index contributed by atoms with van der Waals surface area (Å²) in [7, 11) is 1.81. The van der Waals surface area contributed by atoms with E-state index in [1.807, 2.05) is 7.11 Å². The lowest BCUT2D eigenvalue weighted by Crippen LogP contribution is -2.40. The molecule has 0 spiro atoms. The molecule has 1 rings (SSSR count). The van der Waals surface area contributed by atoms with Crippen molar-refractivity contribution in [3.63, 3.8) is 0 Å². The first-order chi connectivity index (χ1) is 6.26. The number of rotatable bonds is 4. The van der Waals surface area contributed by atoms with Crippen LogP contribution < -0.4 is 5.73 Å². The van der Waals surface area contributed by atoms with Gasteiger partial charge in [0.25, 0.3) is 0 Å². The van der Waals surface area contributed by atoms with Crippen LogP contribution in [0.2, 0.25) is 0 Å². The highest BCUT2D eigenvalue weighted by atomic mass is 16.5. The Kier molecular flexibility index (Phi) is 4.70. The van der Waals surface area contributed by atoms with E-state index in [4.69, 9.17) is 10.5 Å². The molecular weight excluding hydrogens is 164 g/mol. The molecule has 0 amide bonds. The number of piperidine rings is 1. The number of nitrogens with two attached hydrogens (primary N) is 1. The Hall–Kier alpha value is -0.120. The molecule has 0 bridgehead atoms. The van der Waals surface area contributed by atoms with E-state index in [0.29, 0.717) is 12.0 Å². The second-order valence-corrected chi connectivity index (χ2v) is 4.08. The summed E-state index contributed by atoms with van der Waals surface area (Å²) < 4.78 is 5.32. The van der Waals surface area contributed by atoms with Crippen molar-refractivity contribution in [3.05, 3.63) is 0 Å². The van der Waals surface area contributed by atoms with Gasteiger partial charge in [-0.25, -0.2) is 0 Å². The Morgan fingerprint density at radius 3 is 2.54 bits per heavy atom. The molecule has 1 aliphatic heterocycles. The SMILES string of the molecule is COC1CCN(CC(C)CN)CC1. The van der Waals surface area contributed by atoms with Gasteiger partial charge in [0.05, 0.1) is 6.10 Å². The highest BCUT2D eigenvalue weighted by Gasteiger charge is 2.19. The van der Waals surface area contributed by atoms with Crippen molar-refractivity contribution < 1.29 is 4.74 Å². The Morgan fingerprint density at radius 1 is 1.46 bits per heavy atom. The van der Waals surface area contributed by atoms with Crippen molar-refractivity contribution >= 4 is 0 Å². The van der Waals surface area contributed by atoms with Crippen LogP contribution in [0.15, 0.2) is 0 Å². The van der Waals surface area contributed by atoms with E-state index >= 15 is 0 Å².